The molecule has 1 aliphatic rings. The molecular formula is C20H16F3N3O2S. The van der Waals surface area contributed by atoms with Gasteiger partial charge in [0.05, 0.1) is 24.4 Å². The maximum Gasteiger partial charge on any atom is 0.416 e. The van der Waals surface area contributed by atoms with Crippen LogP contribution in [0.15, 0.2) is 36.4 Å². The van der Waals surface area contributed by atoms with Crippen molar-refractivity contribution in [1.29, 1.82) is 0 Å². The lowest BCUT2D eigenvalue weighted by molar-refractivity contribution is -0.138. The van der Waals surface area contributed by atoms with E-state index < -0.39 is 24.3 Å². The van der Waals surface area contributed by atoms with E-state index in [4.69, 9.17) is 0 Å². The smallest absolute Gasteiger partial charge is 0.392 e. The number of carbonyl (C=O) groups is 1. The third kappa shape index (κ3) is 3.63. The summed E-state index contributed by atoms with van der Waals surface area (Å²) in [5, 5.41) is 13.4. The van der Waals surface area contributed by atoms with Gasteiger partial charge in [0.25, 0.3) is 5.91 Å². The molecule has 4 rings (SSSR count). The summed E-state index contributed by atoms with van der Waals surface area (Å²) in [5.74, 6) is -0.510. The van der Waals surface area contributed by atoms with E-state index in [0.717, 1.165) is 22.2 Å². The van der Waals surface area contributed by atoms with Crippen molar-refractivity contribution in [2.24, 2.45) is 0 Å². The lowest BCUT2D eigenvalue weighted by atomic mass is 9.99. The summed E-state index contributed by atoms with van der Waals surface area (Å²) in [6, 6.07) is 9.36. The number of fused-ring (bicyclic) bond motifs is 1. The van der Waals surface area contributed by atoms with Crippen LogP contribution >= 0.6 is 11.5 Å². The molecule has 1 amide bonds. The highest BCUT2D eigenvalue weighted by Gasteiger charge is 2.40. The number of benzene rings is 2. The first-order chi connectivity index (χ1) is 13.8. The quantitative estimate of drug-likeness (QED) is 0.691. The molecule has 2 aromatic carbocycles. The first-order valence-corrected chi connectivity index (χ1v) is 9.57. The Morgan fingerprint density at radius 1 is 1.21 bits per heavy atom. The highest BCUT2D eigenvalue weighted by molar-refractivity contribution is 7.05. The number of aryl methyl sites for hydroxylation is 1. The van der Waals surface area contributed by atoms with Crippen LogP contribution in [0.25, 0.3) is 0 Å². The Balaban J connectivity index is 1.69. The number of hydrogen-bond acceptors (Lipinski definition) is 5. The Bertz CT molecular complexity index is 1090. The molecule has 5 nitrogen and oxygen atoms in total. The molecule has 0 radical (unpaired) electrons. The molecule has 3 aromatic rings. The van der Waals surface area contributed by atoms with Crippen molar-refractivity contribution in [1.82, 2.24) is 9.59 Å². The third-order valence-electron chi connectivity index (χ3n) is 4.93. The van der Waals surface area contributed by atoms with Gasteiger partial charge in [0.2, 0.25) is 0 Å². The van der Waals surface area contributed by atoms with Crippen molar-refractivity contribution in [3.63, 3.8) is 0 Å². The summed E-state index contributed by atoms with van der Waals surface area (Å²) in [7, 11) is 0. The van der Waals surface area contributed by atoms with Gasteiger partial charge in [-0.15, -0.1) is 5.10 Å². The number of amides is 1. The molecular weight excluding hydrogens is 403 g/mol. The molecule has 0 aliphatic carbocycles. The number of alkyl halides is 3. The second-order valence-corrected chi connectivity index (χ2v) is 7.80. The zero-order chi connectivity index (χ0) is 20.8. The van der Waals surface area contributed by atoms with Gasteiger partial charge in [-0.25, -0.2) is 0 Å². The van der Waals surface area contributed by atoms with E-state index in [1.165, 1.54) is 22.5 Å². The summed E-state index contributed by atoms with van der Waals surface area (Å²) in [6.07, 6.45) is -4.09. The molecule has 0 fully saturated rings. The van der Waals surface area contributed by atoms with Crippen LogP contribution in [0, 0.1) is 6.92 Å². The van der Waals surface area contributed by atoms with Gasteiger partial charge in [-0.1, -0.05) is 16.6 Å². The van der Waals surface area contributed by atoms with Gasteiger partial charge < -0.3 is 10.0 Å². The summed E-state index contributed by atoms with van der Waals surface area (Å²) >= 11 is 1.30. The highest BCUT2D eigenvalue weighted by Crippen LogP contribution is 2.39. The van der Waals surface area contributed by atoms with Gasteiger partial charge in [-0.2, -0.15) is 13.2 Å². The third-order valence-corrected chi connectivity index (χ3v) is 5.60. The molecule has 0 spiro atoms. The standard InChI is InChI=1S/C20H16F3N3O2S/c1-11-18(24-25-29-11)8-12-3-2-4-14(5-12)26-9-16-15(19(26)28)6-13(10-27)7-17(16)20(21,22)23/h2-7,27H,8-10H2,1H3. The Morgan fingerprint density at radius 2 is 2.00 bits per heavy atom. The van der Waals surface area contributed by atoms with E-state index in [-0.39, 0.29) is 23.2 Å². The minimum atomic E-state index is -4.61. The minimum absolute atomic E-state index is 0.0196. The van der Waals surface area contributed by atoms with E-state index >= 15 is 0 Å². The number of rotatable bonds is 4. The fraction of sp³-hybridized carbons (Fsp3) is 0.250. The van der Waals surface area contributed by atoms with E-state index in [0.29, 0.717) is 12.1 Å². The van der Waals surface area contributed by atoms with Gasteiger partial charge in [-0.3, -0.25) is 4.79 Å². The van der Waals surface area contributed by atoms with E-state index in [1.54, 1.807) is 18.2 Å². The van der Waals surface area contributed by atoms with Crippen LogP contribution in [0.5, 0.6) is 0 Å². The summed E-state index contributed by atoms with van der Waals surface area (Å²) < 4.78 is 44.4. The number of halogens is 3. The van der Waals surface area contributed by atoms with Gasteiger partial charge in [0.15, 0.2) is 0 Å². The SMILES string of the molecule is Cc1snnc1Cc1cccc(N2Cc3c(cc(CO)cc3C(F)(F)F)C2=O)c1. The Kier molecular flexibility index (Phi) is 4.87. The first kappa shape index (κ1) is 19.5. The number of nitrogens with zero attached hydrogens (tertiary/aromatic N) is 3. The normalized spacial score (nSPS) is 13.8. The van der Waals surface area contributed by atoms with Crippen LogP contribution in [0.3, 0.4) is 0 Å². The van der Waals surface area contributed by atoms with Gasteiger partial charge in [0, 0.05) is 22.5 Å². The molecule has 0 unspecified atom stereocenters. The minimum Gasteiger partial charge on any atom is -0.392 e. The molecule has 1 N–H and O–H groups in total. The molecule has 9 heteroatoms. The van der Waals surface area contributed by atoms with Crippen LogP contribution in [-0.2, 0) is 25.7 Å². The molecule has 1 aromatic heterocycles. The fourth-order valence-electron chi connectivity index (χ4n) is 3.46. The average Bonchev–Trinajstić information content (AvgIpc) is 3.24. The van der Waals surface area contributed by atoms with Crippen LogP contribution < -0.4 is 4.90 Å². The van der Waals surface area contributed by atoms with Gasteiger partial charge in [0.1, 0.15) is 0 Å². The van der Waals surface area contributed by atoms with E-state index in [2.05, 4.69) is 9.59 Å². The van der Waals surface area contributed by atoms with Crippen molar-refractivity contribution in [2.75, 3.05) is 4.90 Å². The lowest BCUT2D eigenvalue weighted by Crippen LogP contribution is -2.23. The monoisotopic (exact) mass is 419 g/mol. The van der Waals surface area contributed by atoms with Crippen molar-refractivity contribution in [3.8, 4) is 0 Å². The predicted octanol–water partition coefficient (Wildman–Crippen LogP) is 4.11. The number of carbonyl (C=O) groups excluding carboxylic acids is 1. The molecule has 150 valence electrons. The Hall–Kier alpha value is -2.78. The first-order valence-electron chi connectivity index (χ1n) is 8.80. The lowest BCUT2D eigenvalue weighted by Gasteiger charge is -2.17. The zero-order valence-electron chi connectivity index (χ0n) is 15.3. The molecule has 0 bridgehead atoms. The summed E-state index contributed by atoms with van der Waals surface area (Å²) in [6.45, 7) is 1.18. The van der Waals surface area contributed by atoms with Crippen LogP contribution in [-0.4, -0.2) is 20.6 Å². The van der Waals surface area contributed by atoms with E-state index in [1.807, 2.05) is 13.0 Å². The Morgan fingerprint density at radius 3 is 2.66 bits per heavy atom. The molecule has 0 saturated heterocycles. The molecule has 2 heterocycles. The van der Waals surface area contributed by atoms with Crippen molar-refractivity contribution < 1.29 is 23.1 Å². The fourth-order valence-corrected chi connectivity index (χ4v) is 3.94. The Labute approximate surface area is 168 Å². The van der Waals surface area contributed by atoms with Gasteiger partial charge in [-0.05, 0) is 59.4 Å². The van der Waals surface area contributed by atoms with Gasteiger partial charge >= 0.3 is 6.18 Å². The largest absolute Gasteiger partial charge is 0.416 e. The molecule has 29 heavy (non-hydrogen) atoms. The van der Waals surface area contributed by atoms with Crippen LogP contribution in [0.1, 0.15) is 43.2 Å². The number of aliphatic hydroxyl groups is 1. The number of aromatic nitrogens is 2. The number of anilines is 1. The van der Waals surface area contributed by atoms with Crippen LogP contribution in [0.4, 0.5) is 18.9 Å². The number of aliphatic hydroxyl groups excluding tert-OH is 1. The maximum absolute atomic E-state index is 13.5. The second kappa shape index (κ2) is 7.23. The number of hydrogen-bond donors (Lipinski definition) is 1. The van der Waals surface area contributed by atoms with E-state index in [9.17, 15) is 23.1 Å². The maximum atomic E-state index is 13.5. The van der Waals surface area contributed by atoms with Crippen molar-refractivity contribution in [3.05, 3.63) is 74.8 Å². The molecule has 0 saturated carbocycles. The zero-order valence-corrected chi connectivity index (χ0v) is 16.1. The molecule has 1 aliphatic heterocycles. The van der Waals surface area contributed by atoms with Crippen LogP contribution in [0.2, 0.25) is 0 Å². The summed E-state index contributed by atoms with van der Waals surface area (Å²) in [5.41, 5.74) is 1.33. The molecule has 0 atom stereocenters. The predicted molar refractivity (Wildman–Crippen MR) is 102 cm³/mol. The highest BCUT2D eigenvalue weighted by atomic mass is 32.1. The van der Waals surface area contributed by atoms with Crippen molar-refractivity contribution in [2.45, 2.75) is 32.7 Å². The second-order valence-electron chi connectivity index (χ2n) is 6.84. The average molecular weight is 419 g/mol. The topological polar surface area (TPSA) is 66.3 Å². The van der Waals surface area contributed by atoms with Crippen molar-refractivity contribution >= 4 is 23.1 Å². The summed E-state index contributed by atoms with van der Waals surface area (Å²) in [4.78, 5) is 15.2.